The van der Waals surface area contributed by atoms with Crippen molar-refractivity contribution in [2.45, 2.75) is 19.5 Å². The Kier molecular flexibility index (Phi) is 7.06. The van der Waals surface area contributed by atoms with Gasteiger partial charge in [0.25, 0.3) is 0 Å². The zero-order valence-electron chi connectivity index (χ0n) is 15.0. The van der Waals surface area contributed by atoms with Gasteiger partial charge in [-0.3, -0.25) is 9.69 Å². The fourth-order valence-electron chi connectivity index (χ4n) is 3.19. The number of amides is 1. The summed E-state index contributed by atoms with van der Waals surface area (Å²) in [5.41, 5.74) is 2.51. The highest BCUT2D eigenvalue weighted by Crippen LogP contribution is 2.10. The van der Waals surface area contributed by atoms with Crippen molar-refractivity contribution in [3.8, 4) is 0 Å². The van der Waals surface area contributed by atoms with Crippen molar-refractivity contribution in [3.05, 3.63) is 70.7 Å². The lowest BCUT2D eigenvalue weighted by Gasteiger charge is -2.34. The van der Waals surface area contributed by atoms with Gasteiger partial charge in [-0.1, -0.05) is 54.1 Å². The summed E-state index contributed by atoms with van der Waals surface area (Å²) in [4.78, 5) is 16.8. The van der Waals surface area contributed by atoms with Gasteiger partial charge in [0, 0.05) is 57.3 Å². The molecule has 2 aromatic carbocycles. The zero-order valence-corrected chi connectivity index (χ0v) is 15.8. The smallest absolute Gasteiger partial charge is 0.223 e. The predicted molar refractivity (Wildman–Crippen MR) is 106 cm³/mol. The van der Waals surface area contributed by atoms with Gasteiger partial charge in [0.2, 0.25) is 5.91 Å². The van der Waals surface area contributed by atoms with Crippen LogP contribution in [0, 0.1) is 0 Å². The van der Waals surface area contributed by atoms with Gasteiger partial charge in [-0.15, -0.1) is 0 Å². The summed E-state index contributed by atoms with van der Waals surface area (Å²) in [6.07, 6.45) is 0.548. The van der Waals surface area contributed by atoms with Crippen molar-refractivity contribution in [1.29, 1.82) is 0 Å². The molecule has 138 valence electrons. The molecule has 5 heteroatoms. The Labute approximate surface area is 160 Å². The van der Waals surface area contributed by atoms with Crippen molar-refractivity contribution in [2.75, 3.05) is 32.7 Å². The van der Waals surface area contributed by atoms with Crippen molar-refractivity contribution >= 4 is 17.5 Å². The van der Waals surface area contributed by atoms with Crippen LogP contribution < -0.4 is 5.32 Å². The van der Waals surface area contributed by atoms with Crippen LogP contribution in [0.25, 0.3) is 0 Å². The number of benzene rings is 2. The summed E-state index contributed by atoms with van der Waals surface area (Å²) < 4.78 is 0. The Morgan fingerprint density at radius 2 is 1.62 bits per heavy atom. The van der Waals surface area contributed by atoms with Crippen LogP contribution in [0.5, 0.6) is 0 Å². The van der Waals surface area contributed by atoms with E-state index in [0.29, 0.717) is 13.0 Å². The number of hydrogen-bond donors (Lipinski definition) is 1. The Balaban J connectivity index is 1.32. The minimum absolute atomic E-state index is 0.243. The number of piperazine rings is 1. The average Bonchev–Trinajstić information content (AvgIpc) is 2.68. The first-order valence-electron chi connectivity index (χ1n) is 9.20. The van der Waals surface area contributed by atoms with Gasteiger partial charge in [-0.2, -0.15) is 0 Å². The maximum Gasteiger partial charge on any atom is 0.223 e. The van der Waals surface area contributed by atoms with Crippen molar-refractivity contribution in [2.24, 2.45) is 0 Å². The highest BCUT2D eigenvalue weighted by Gasteiger charge is 2.20. The number of halogens is 1. The Morgan fingerprint density at radius 3 is 2.31 bits per heavy atom. The van der Waals surface area contributed by atoms with E-state index in [0.717, 1.165) is 44.3 Å². The Hall–Kier alpha value is -1.88. The molecule has 1 fully saturated rings. The summed E-state index contributed by atoms with van der Waals surface area (Å²) in [6, 6.07) is 18.3. The third kappa shape index (κ3) is 5.84. The number of carbonyl (C=O) groups excluding carboxylic acids is 1. The lowest BCUT2D eigenvalue weighted by atomic mass is 10.2. The van der Waals surface area contributed by atoms with Gasteiger partial charge >= 0.3 is 0 Å². The van der Waals surface area contributed by atoms with Crippen LogP contribution >= 0.6 is 11.6 Å². The van der Waals surface area contributed by atoms with E-state index in [2.05, 4.69) is 34.5 Å². The molecule has 4 nitrogen and oxygen atoms in total. The average molecular weight is 372 g/mol. The molecule has 0 aliphatic carbocycles. The molecular weight excluding hydrogens is 346 g/mol. The molecule has 0 radical (unpaired) electrons. The van der Waals surface area contributed by atoms with Crippen LogP contribution in [0.15, 0.2) is 54.6 Å². The molecule has 0 aromatic heterocycles. The summed E-state index contributed by atoms with van der Waals surface area (Å²) >= 11 is 5.88. The first kappa shape index (κ1) is 18.9. The molecule has 26 heavy (non-hydrogen) atoms. The highest BCUT2D eigenvalue weighted by atomic mass is 35.5. The zero-order chi connectivity index (χ0) is 18.2. The van der Waals surface area contributed by atoms with Crippen molar-refractivity contribution in [1.82, 2.24) is 15.1 Å². The van der Waals surface area contributed by atoms with Crippen LogP contribution in [-0.4, -0.2) is 48.4 Å². The van der Waals surface area contributed by atoms with Crippen LogP contribution in [0.3, 0.4) is 0 Å². The monoisotopic (exact) mass is 371 g/mol. The van der Waals surface area contributed by atoms with E-state index >= 15 is 0 Å². The van der Waals surface area contributed by atoms with E-state index in [-0.39, 0.29) is 5.91 Å². The molecule has 1 aliphatic heterocycles. The summed E-state index contributed by atoms with van der Waals surface area (Å²) in [6.45, 7) is 5.95. The lowest BCUT2D eigenvalue weighted by molar-refractivity contribution is -0.132. The van der Waals surface area contributed by atoms with Gasteiger partial charge in [-0.05, 0) is 23.3 Å². The molecule has 1 heterocycles. The van der Waals surface area contributed by atoms with Crippen molar-refractivity contribution < 1.29 is 4.79 Å². The molecule has 0 saturated carbocycles. The minimum atomic E-state index is 0.243. The molecule has 0 atom stereocenters. The lowest BCUT2D eigenvalue weighted by Crippen LogP contribution is -2.48. The first-order valence-corrected chi connectivity index (χ1v) is 9.58. The molecule has 1 aliphatic rings. The maximum atomic E-state index is 12.4. The minimum Gasteiger partial charge on any atom is -0.340 e. The molecule has 1 saturated heterocycles. The first-order chi connectivity index (χ1) is 12.7. The molecule has 0 unspecified atom stereocenters. The van der Waals surface area contributed by atoms with Gasteiger partial charge in [-0.25, -0.2) is 0 Å². The summed E-state index contributed by atoms with van der Waals surface area (Å²) in [7, 11) is 0. The molecular formula is C21H26ClN3O. The topological polar surface area (TPSA) is 35.6 Å². The van der Waals surface area contributed by atoms with Gasteiger partial charge in [0.15, 0.2) is 0 Å². The maximum absolute atomic E-state index is 12.4. The third-order valence-electron chi connectivity index (χ3n) is 4.73. The number of rotatable bonds is 7. The highest BCUT2D eigenvalue weighted by molar-refractivity contribution is 6.30. The second-order valence-corrected chi connectivity index (χ2v) is 7.13. The fourth-order valence-corrected chi connectivity index (χ4v) is 3.31. The standard InChI is InChI=1S/C21H26ClN3O/c22-20-8-6-18(7-9-20)16-23-11-10-21(26)25-14-12-24(13-15-25)17-19-4-2-1-3-5-19/h1-9,23H,10-17H2. The SMILES string of the molecule is O=C(CCNCc1ccc(Cl)cc1)N1CCN(Cc2ccccc2)CC1. The number of hydrogen-bond acceptors (Lipinski definition) is 3. The second kappa shape index (κ2) is 9.72. The van der Waals surface area contributed by atoms with E-state index in [1.165, 1.54) is 11.1 Å². The summed E-state index contributed by atoms with van der Waals surface area (Å²) in [5.74, 6) is 0.243. The number of nitrogens with one attached hydrogen (secondary N) is 1. The number of carbonyl (C=O) groups is 1. The van der Waals surface area contributed by atoms with Crippen molar-refractivity contribution in [3.63, 3.8) is 0 Å². The van der Waals surface area contributed by atoms with E-state index in [1.807, 2.05) is 35.2 Å². The van der Waals surface area contributed by atoms with E-state index < -0.39 is 0 Å². The molecule has 0 spiro atoms. The largest absolute Gasteiger partial charge is 0.340 e. The fraction of sp³-hybridized carbons (Fsp3) is 0.381. The predicted octanol–water partition coefficient (Wildman–Crippen LogP) is 3.16. The van der Waals surface area contributed by atoms with E-state index in [9.17, 15) is 4.79 Å². The third-order valence-corrected chi connectivity index (χ3v) is 4.98. The van der Waals surface area contributed by atoms with Crippen LogP contribution in [0.4, 0.5) is 0 Å². The quantitative estimate of drug-likeness (QED) is 0.759. The second-order valence-electron chi connectivity index (χ2n) is 6.70. The molecule has 3 rings (SSSR count). The van der Waals surface area contributed by atoms with Crippen LogP contribution in [-0.2, 0) is 17.9 Å². The summed E-state index contributed by atoms with van der Waals surface area (Å²) in [5, 5.41) is 4.08. The molecule has 1 amide bonds. The van der Waals surface area contributed by atoms with E-state index in [1.54, 1.807) is 0 Å². The van der Waals surface area contributed by atoms with E-state index in [4.69, 9.17) is 11.6 Å². The van der Waals surface area contributed by atoms with Gasteiger partial charge in [0.05, 0.1) is 0 Å². The Morgan fingerprint density at radius 1 is 0.923 bits per heavy atom. The van der Waals surface area contributed by atoms with Gasteiger partial charge < -0.3 is 10.2 Å². The van der Waals surface area contributed by atoms with Crippen LogP contribution in [0.2, 0.25) is 5.02 Å². The van der Waals surface area contributed by atoms with Crippen LogP contribution in [0.1, 0.15) is 17.5 Å². The molecule has 0 bridgehead atoms. The molecule has 1 N–H and O–H groups in total. The Bertz CT molecular complexity index is 682. The normalized spacial score (nSPS) is 15.2. The number of nitrogens with zero attached hydrogens (tertiary/aromatic N) is 2. The molecule has 2 aromatic rings. The van der Waals surface area contributed by atoms with Gasteiger partial charge in [0.1, 0.15) is 0 Å².